The summed E-state index contributed by atoms with van der Waals surface area (Å²) in [7, 11) is -1.50. The SMILES string of the molecule is CC(C)c1ccc2c(sc3c(-c4cc(CC(C)(C)C)ccn4)[c-]ccc32)c1-c1ccccc1.[2H]C(C)(C)c1cc(-c2[c-]cccc2)ncc1[Si](C)(C)C.[Ir]. The third kappa shape index (κ3) is 9.32. The van der Waals surface area contributed by atoms with Gasteiger partial charge in [-0.2, -0.15) is 11.3 Å². The van der Waals surface area contributed by atoms with Crippen molar-refractivity contribution < 1.29 is 21.5 Å². The quantitative estimate of drug-likeness (QED) is 0.118. The molecule has 0 saturated heterocycles. The minimum Gasteiger partial charge on any atom is -0.305 e. The van der Waals surface area contributed by atoms with E-state index in [9.17, 15) is 0 Å². The zero-order valence-corrected chi connectivity index (χ0v) is 37.0. The van der Waals surface area contributed by atoms with E-state index >= 15 is 0 Å². The van der Waals surface area contributed by atoms with E-state index in [0.29, 0.717) is 5.92 Å². The van der Waals surface area contributed by atoms with Crippen LogP contribution in [0.25, 0.3) is 53.8 Å². The molecule has 0 spiro atoms. The molecule has 7 rings (SSSR count). The van der Waals surface area contributed by atoms with Crippen molar-refractivity contribution in [2.45, 2.75) is 86.3 Å². The molecular weight excluding hydrogens is 857 g/mol. The van der Waals surface area contributed by atoms with E-state index in [-0.39, 0.29) is 25.5 Å². The van der Waals surface area contributed by atoms with Crippen molar-refractivity contribution in [3.63, 3.8) is 0 Å². The van der Waals surface area contributed by atoms with Crippen molar-refractivity contribution in [3.05, 3.63) is 138 Å². The summed E-state index contributed by atoms with van der Waals surface area (Å²) >= 11 is 1.88. The van der Waals surface area contributed by atoms with Crippen molar-refractivity contribution in [1.82, 2.24) is 9.97 Å². The number of hydrogen-bond donors (Lipinski definition) is 0. The van der Waals surface area contributed by atoms with Gasteiger partial charge in [0.05, 0.1) is 8.07 Å². The number of nitrogens with zero attached hydrogens (tertiary/aromatic N) is 2. The van der Waals surface area contributed by atoms with Crippen LogP contribution >= 0.6 is 11.3 Å². The Bertz CT molecular complexity index is 2350. The van der Waals surface area contributed by atoms with Crippen LogP contribution in [0, 0.1) is 17.5 Å². The summed E-state index contributed by atoms with van der Waals surface area (Å²) < 4.78 is 11.1. The van der Waals surface area contributed by atoms with Crippen LogP contribution in [0.5, 0.6) is 0 Å². The molecule has 4 aromatic carbocycles. The molecular formula is C48H52IrN2SSi-2. The van der Waals surface area contributed by atoms with Crippen LogP contribution in [0.3, 0.4) is 0 Å². The average Bonchev–Trinajstić information content (AvgIpc) is 3.50. The first kappa shape index (κ1) is 39.0. The number of aromatic nitrogens is 2. The van der Waals surface area contributed by atoms with Crippen LogP contribution in [0.1, 0.15) is 78.3 Å². The molecule has 275 valence electrons. The molecule has 2 nitrogen and oxygen atoms in total. The molecule has 0 aliphatic carbocycles. The Labute approximate surface area is 337 Å². The second kappa shape index (κ2) is 16.7. The normalized spacial score (nSPS) is 12.3. The van der Waals surface area contributed by atoms with E-state index in [2.05, 4.69) is 144 Å². The van der Waals surface area contributed by atoms with Crippen LogP contribution in [0.4, 0.5) is 0 Å². The maximum Gasteiger partial charge on any atom is 0.0799 e. The minimum absolute atomic E-state index is 0. The van der Waals surface area contributed by atoms with Crippen molar-refractivity contribution in [2.75, 3.05) is 0 Å². The largest absolute Gasteiger partial charge is 0.305 e. The van der Waals surface area contributed by atoms with Crippen molar-refractivity contribution >= 4 is 44.8 Å². The third-order valence-corrected chi connectivity index (χ3v) is 12.6. The van der Waals surface area contributed by atoms with Gasteiger partial charge in [-0.05, 0) is 67.5 Å². The van der Waals surface area contributed by atoms with Gasteiger partial charge < -0.3 is 9.97 Å². The predicted octanol–water partition coefficient (Wildman–Crippen LogP) is 13.5. The second-order valence-electron chi connectivity index (χ2n) is 16.6. The molecule has 0 aliphatic heterocycles. The molecule has 0 bridgehead atoms. The van der Waals surface area contributed by atoms with Crippen LogP contribution in [-0.2, 0) is 26.5 Å². The van der Waals surface area contributed by atoms with Gasteiger partial charge >= 0.3 is 0 Å². The Kier molecular flexibility index (Phi) is 12.3. The fourth-order valence-corrected chi connectivity index (χ4v) is 9.86. The second-order valence-corrected chi connectivity index (χ2v) is 22.6. The zero-order chi connectivity index (χ0) is 38.1. The molecule has 1 radical (unpaired) electrons. The average molecular weight is 910 g/mol. The van der Waals surface area contributed by atoms with Gasteiger partial charge in [0.2, 0.25) is 0 Å². The summed E-state index contributed by atoms with van der Waals surface area (Å²) in [6, 6.07) is 40.8. The Morgan fingerprint density at radius 1 is 0.755 bits per heavy atom. The summed E-state index contributed by atoms with van der Waals surface area (Å²) in [4.78, 5) is 9.37. The molecule has 0 fully saturated rings. The van der Waals surface area contributed by atoms with Gasteiger partial charge in [0.25, 0.3) is 0 Å². The summed E-state index contributed by atoms with van der Waals surface area (Å²) in [5.74, 6) is -0.154. The molecule has 0 amide bonds. The van der Waals surface area contributed by atoms with Crippen LogP contribution < -0.4 is 5.19 Å². The molecule has 5 heteroatoms. The van der Waals surface area contributed by atoms with E-state index in [4.69, 9.17) is 6.35 Å². The van der Waals surface area contributed by atoms with Gasteiger partial charge in [0.1, 0.15) is 0 Å². The number of rotatable bonds is 7. The number of hydrogen-bond acceptors (Lipinski definition) is 3. The standard InChI is InChI=1S/C31H30NS.C17H22NSi.Ir/c1-20(2)23-14-15-25-24-12-9-13-26(27-18-21(16-17-32-27)19-31(3,4)5)29(24)33-30(25)28(23)22-10-7-6-8-11-22;1-13(2)15-11-16(14-9-7-6-8-10-14)18-12-17(15)19(3,4)5;/h6-12,14-18,20H,19H2,1-5H3;6-9,11-13H,1-5H3;/q2*-1;/i;13D;. The monoisotopic (exact) mass is 910 g/mol. The van der Waals surface area contributed by atoms with Gasteiger partial charge in [0, 0.05) is 44.1 Å². The Hall–Kier alpha value is -3.73. The van der Waals surface area contributed by atoms with E-state index in [1.165, 1.54) is 47.6 Å². The van der Waals surface area contributed by atoms with Gasteiger partial charge in [-0.1, -0.05) is 139 Å². The fraction of sp³-hybridized carbons (Fsp3) is 0.292. The van der Waals surface area contributed by atoms with Crippen molar-refractivity contribution in [2.24, 2.45) is 5.41 Å². The van der Waals surface area contributed by atoms with E-state index in [1.807, 2.05) is 61.8 Å². The smallest absolute Gasteiger partial charge is 0.0799 e. The van der Waals surface area contributed by atoms with E-state index in [1.54, 1.807) is 0 Å². The molecule has 0 atom stereocenters. The minimum atomic E-state index is -1.50. The first-order chi connectivity index (χ1) is 25.0. The van der Waals surface area contributed by atoms with Crippen LogP contribution in [-0.4, -0.2) is 18.0 Å². The van der Waals surface area contributed by atoms with Gasteiger partial charge in [-0.15, -0.1) is 59.7 Å². The number of fused-ring (bicyclic) bond motifs is 3. The summed E-state index contributed by atoms with van der Waals surface area (Å²) in [6.45, 7) is 22.2. The summed E-state index contributed by atoms with van der Waals surface area (Å²) in [5, 5.41) is 3.88. The Morgan fingerprint density at radius 3 is 2.11 bits per heavy atom. The number of thiophene rings is 1. The Balaban J connectivity index is 0.000000230. The van der Waals surface area contributed by atoms with Crippen LogP contribution in [0.15, 0.2) is 109 Å². The first-order valence-electron chi connectivity index (χ1n) is 18.9. The Morgan fingerprint density at radius 2 is 1.47 bits per heavy atom. The van der Waals surface area contributed by atoms with Crippen LogP contribution in [0.2, 0.25) is 19.6 Å². The van der Waals surface area contributed by atoms with Crippen molar-refractivity contribution in [3.8, 4) is 33.6 Å². The van der Waals surface area contributed by atoms with Gasteiger partial charge in [-0.25, -0.2) is 0 Å². The topological polar surface area (TPSA) is 25.8 Å². The molecule has 0 unspecified atom stereocenters. The predicted molar refractivity (Wildman–Crippen MR) is 230 cm³/mol. The first-order valence-corrected chi connectivity index (χ1v) is 22.7. The van der Waals surface area contributed by atoms with Gasteiger partial charge in [0.15, 0.2) is 0 Å². The third-order valence-electron chi connectivity index (χ3n) is 9.37. The molecule has 0 saturated carbocycles. The molecule has 3 aromatic heterocycles. The van der Waals surface area contributed by atoms with E-state index < -0.39 is 14.0 Å². The number of pyridine rings is 2. The molecule has 0 aliphatic rings. The molecule has 53 heavy (non-hydrogen) atoms. The summed E-state index contributed by atoms with van der Waals surface area (Å²) in [6.07, 6.45) is 4.96. The molecule has 0 N–H and O–H groups in total. The zero-order valence-electron chi connectivity index (χ0n) is 33.8. The maximum absolute atomic E-state index is 8.44. The number of benzene rings is 4. The van der Waals surface area contributed by atoms with Gasteiger partial charge in [-0.3, -0.25) is 0 Å². The molecule has 3 heterocycles. The van der Waals surface area contributed by atoms with E-state index in [0.717, 1.165) is 34.5 Å². The maximum atomic E-state index is 8.44. The fourth-order valence-electron chi connectivity index (χ4n) is 6.89. The molecule has 7 aromatic rings. The van der Waals surface area contributed by atoms with Crippen molar-refractivity contribution in [1.29, 1.82) is 0 Å². The summed E-state index contributed by atoms with van der Waals surface area (Å²) in [5.41, 5.74) is 10.7.